The lowest BCUT2D eigenvalue weighted by Crippen LogP contribution is -2.27. The maximum absolute atomic E-state index is 12.9. The van der Waals surface area contributed by atoms with Gasteiger partial charge in [-0.25, -0.2) is 0 Å². The van der Waals surface area contributed by atoms with E-state index in [0.29, 0.717) is 5.69 Å². The zero-order valence-electron chi connectivity index (χ0n) is 17.1. The molecule has 0 saturated heterocycles. The van der Waals surface area contributed by atoms with Crippen LogP contribution in [0.15, 0.2) is 78.1 Å². The lowest BCUT2D eigenvalue weighted by molar-refractivity contribution is 0.0947. The number of para-hydroxylation sites is 1. The average Bonchev–Trinajstić information content (AvgIpc) is 3.24. The van der Waals surface area contributed by atoms with Crippen molar-refractivity contribution in [2.75, 3.05) is 7.11 Å². The molecule has 1 amide bonds. The highest BCUT2D eigenvalue weighted by Gasteiger charge is 2.16. The van der Waals surface area contributed by atoms with Crippen molar-refractivity contribution >= 4 is 5.91 Å². The molecule has 0 atom stereocenters. The van der Waals surface area contributed by atoms with Gasteiger partial charge >= 0.3 is 0 Å². The van der Waals surface area contributed by atoms with Crippen molar-refractivity contribution in [3.05, 3.63) is 94.8 Å². The van der Waals surface area contributed by atoms with E-state index in [1.807, 2.05) is 37.4 Å². The van der Waals surface area contributed by atoms with Crippen molar-refractivity contribution in [3.8, 4) is 22.7 Å². The van der Waals surface area contributed by atoms with E-state index in [0.717, 1.165) is 16.8 Å². The Labute approximate surface area is 178 Å². The molecule has 4 aromatic rings. The number of hydrogen-bond donors (Lipinski definition) is 1. The fourth-order valence-corrected chi connectivity index (χ4v) is 3.30. The van der Waals surface area contributed by atoms with Gasteiger partial charge in [-0.3, -0.25) is 23.8 Å². The second-order valence-corrected chi connectivity index (χ2v) is 6.90. The standard InChI is InChI=1S/C23H21N5O3/c1-27-20(8-9-26-27)17-10-16(12-24-14-17)13-25-23(30)19-15-28(18-6-4-3-5-7-18)22(29)11-21(19)31-2/h3-12,14-15H,13H2,1-2H3,(H,25,30). The maximum atomic E-state index is 12.9. The molecule has 8 nitrogen and oxygen atoms in total. The Morgan fingerprint density at radius 2 is 1.94 bits per heavy atom. The van der Waals surface area contributed by atoms with Crippen molar-refractivity contribution in [2.24, 2.45) is 7.05 Å². The molecule has 31 heavy (non-hydrogen) atoms. The highest BCUT2D eigenvalue weighted by Crippen LogP contribution is 2.19. The molecule has 4 rings (SSSR count). The number of pyridine rings is 2. The molecule has 0 radical (unpaired) electrons. The minimum absolute atomic E-state index is 0.219. The topological polar surface area (TPSA) is 91.0 Å². The van der Waals surface area contributed by atoms with Crippen molar-refractivity contribution in [3.63, 3.8) is 0 Å². The predicted octanol–water partition coefficient (Wildman–Crippen LogP) is 2.57. The quantitative estimate of drug-likeness (QED) is 0.523. The Hall–Kier alpha value is -4.20. The minimum Gasteiger partial charge on any atom is -0.496 e. The fraction of sp³-hybridized carbons (Fsp3) is 0.130. The fourth-order valence-electron chi connectivity index (χ4n) is 3.30. The number of nitrogens with one attached hydrogen (secondary N) is 1. The van der Waals surface area contributed by atoms with Crippen LogP contribution in [0.5, 0.6) is 5.75 Å². The highest BCUT2D eigenvalue weighted by molar-refractivity contribution is 5.96. The van der Waals surface area contributed by atoms with Crippen LogP contribution in [0.1, 0.15) is 15.9 Å². The van der Waals surface area contributed by atoms with E-state index in [2.05, 4.69) is 15.4 Å². The van der Waals surface area contributed by atoms with Gasteiger partial charge in [-0.1, -0.05) is 18.2 Å². The molecule has 0 spiro atoms. The molecule has 0 aliphatic heterocycles. The van der Waals surface area contributed by atoms with Gasteiger partial charge in [-0.15, -0.1) is 0 Å². The number of rotatable bonds is 6. The van der Waals surface area contributed by atoms with Crippen LogP contribution in [0.25, 0.3) is 16.9 Å². The zero-order chi connectivity index (χ0) is 21.8. The Kier molecular flexibility index (Phi) is 5.61. The normalized spacial score (nSPS) is 10.6. The summed E-state index contributed by atoms with van der Waals surface area (Å²) in [5, 5.41) is 7.05. The van der Waals surface area contributed by atoms with Crippen LogP contribution >= 0.6 is 0 Å². The summed E-state index contributed by atoms with van der Waals surface area (Å²) in [5.74, 6) is -0.135. The zero-order valence-corrected chi connectivity index (χ0v) is 17.1. The van der Waals surface area contributed by atoms with Gasteiger partial charge in [-0.2, -0.15) is 5.10 Å². The summed E-state index contributed by atoms with van der Waals surface area (Å²) in [6, 6.07) is 14.3. The van der Waals surface area contributed by atoms with Crippen LogP contribution in [0.3, 0.4) is 0 Å². The van der Waals surface area contributed by atoms with E-state index in [1.165, 1.54) is 23.9 Å². The number of aromatic nitrogens is 4. The van der Waals surface area contributed by atoms with E-state index in [1.54, 1.807) is 35.4 Å². The van der Waals surface area contributed by atoms with Crippen LogP contribution in [-0.2, 0) is 13.6 Å². The molecular formula is C23H21N5O3. The number of methoxy groups -OCH3 is 1. The summed E-state index contributed by atoms with van der Waals surface area (Å²) in [6.07, 6.45) is 6.66. The first-order valence-corrected chi connectivity index (χ1v) is 9.63. The summed E-state index contributed by atoms with van der Waals surface area (Å²) in [5.41, 5.74) is 3.31. The Morgan fingerprint density at radius 3 is 2.65 bits per heavy atom. The molecule has 0 saturated carbocycles. The number of nitrogens with zero attached hydrogens (tertiary/aromatic N) is 4. The lowest BCUT2D eigenvalue weighted by atomic mass is 10.1. The molecule has 1 N–H and O–H groups in total. The third-order valence-corrected chi connectivity index (χ3v) is 4.88. The van der Waals surface area contributed by atoms with Gasteiger partial charge in [-0.05, 0) is 29.8 Å². The number of aryl methyl sites for hydroxylation is 1. The van der Waals surface area contributed by atoms with Gasteiger partial charge in [0, 0.05) is 55.7 Å². The molecule has 0 aliphatic rings. The van der Waals surface area contributed by atoms with Crippen LogP contribution < -0.4 is 15.6 Å². The maximum Gasteiger partial charge on any atom is 0.258 e. The second-order valence-electron chi connectivity index (χ2n) is 6.90. The minimum atomic E-state index is -0.354. The number of carbonyl (C=O) groups excluding carboxylic acids is 1. The van der Waals surface area contributed by atoms with Crippen LogP contribution in [0, 0.1) is 0 Å². The van der Waals surface area contributed by atoms with Crippen LogP contribution in [0.2, 0.25) is 0 Å². The number of hydrogen-bond acceptors (Lipinski definition) is 5. The summed E-state index contributed by atoms with van der Waals surface area (Å²) < 4.78 is 8.45. The summed E-state index contributed by atoms with van der Waals surface area (Å²) in [6.45, 7) is 0.269. The SMILES string of the molecule is COc1cc(=O)n(-c2ccccc2)cc1C(=O)NCc1cncc(-c2ccnn2C)c1. The molecule has 3 heterocycles. The molecule has 0 fully saturated rings. The first-order chi connectivity index (χ1) is 15.1. The monoisotopic (exact) mass is 415 g/mol. The van der Waals surface area contributed by atoms with Crippen molar-refractivity contribution in [2.45, 2.75) is 6.54 Å². The predicted molar refractivity (Wildman–Crippen MR) is 116 cm³/mol. The molecule has 1 aromatic carbocycles. The third-order valence-electron chi connectivity index (χ3n) is 4.88. The number of amides is 1. The molecule has 8 heteroatoms. The molecule has 156 valence electrons. The van der Waals surface area contributed by atoms with Crippen molar-refractivity contribution in [1.82, 2.24) is 24.6 Å². The smallest absolute Gasteiger partial charge is 0.258 e. The number of carbonyl (C=O) groups is 1. The summed E-state index contributed by atoms with van der Waals surface area (Å²) in [4.78, 5) is 29.7. The van der Waals surface area contributed by atoms with Gasteiger partial charge < -0.3 is 10.1 Å². The van der Waals surface area contributed by atoms with Crippen molar-refractivity contribution in [1.29, 1.82) is 0 Å². The first kappa shape index (κ1) is 20.1. The molecular weight excluding hydrogens is 394 g/mol. The van der Waals surface area contributed by atoms with Crippen molar-refractivity contribution < 1.29 is 9.53 Å². The highest BCUT2D eigenvalue weighted by atomic mass is 16.5. The van der Waals surface area contributed by atoms with Gasteiger partial charge in [0.25, 0.3) is 11.5 Å². The number of benzene rings is 1. The lowest BCUT2D eigenvalue weighted by Gasteiger charge is -2.13. The largest absolute Gasteiger partial charge is 0.496 e. The van der Waals surface area contributed by atoms with Crippen LogP contribution in [0.4, 0.5) is 0 Å². The van der Waals surface area contributed by atoms with Gasteiger partial charge in [0.2, 0.25) is 0 Å². The molecule has 0 aliphatic carbocycles. The summed E-state index contributed by atoms with van der Waals surface area (Å²) in [7, 11) is 3.29. The Morgan fingerprint density at radius 1 is 1.13 bits per heavy atom. The third kappa shape index (κ3) is 4.23. The molecule has 0 unspecified atom stereocenters. The van der Waals surface area contributed by atoms with Gasteiger partial charge in [0.1, 0.15) is 5.75 Å². The van der Waals surface area contributed by atoms with Gasteiger partial charge in [0.15, 0.2) is 0 Å². The number of ether oxygens (including phenoxy) is 1. The molecule has 0 bridgehead atoms. The van der Waals surface area contributed by atoms with E-state index in [9.17, 15) is 9.59 Å². The average molecular weight is 415 g/mol. The van der Waals surface area contributed by atoms with Crippen LogP contribution in [-0.4, -0.2) is 32.3 Å². The second kappa shape index (κ2) is 8.66. The summed E-state index contributed by atoms with van der Waals surface area (Å²) >= 11 is 0. The van der Waals surface area contributed by atoms with E-state index in [4.69, 9.17) is 4.74 Å². The Balaban J connectivity index is 1.58. The van der Waals surface area contributed by atoms with Gasteiger partial charge in [0.05, 0.1) is 18.4 Å². The first-order valence-electron chi connectivity index (χ1n) is 9.63. The van der Waals surface area contributed by atoms with E-state index in [-0.39, 0.29) is 29.3 Å². The Bertz CT molecular complexity index is 1280. The molecule has 3 aromatic heterocycles. The van der Waals surface area contributed by atoms with E-state index < -0.39 is 0 Å². The van der Waals surface area contributed by atoms with E-state index >= 15 is 0 Å².